The fourth-order valence-corrected chi connectivity index (χ4v) is 3.71. The molecule has 7 nitrogen and oxygen atoms in total. The van der Waals surface area contributed by atoms with Gasteiger partial charge in [-0.05, 0) is 48.7 Å². The van der Waals surface area contributed by atoms with Crippen molar-refractivity contribution in [2.75, 3.05) is 13.4 Å². The van der Waals surface area contributed by atoms with E-state index in [0.29, 0.717) is 0 Å². The minimum atomic E-state index is -3.76. The lowest BCUT2D eigenvalue weighted by atomic mass is 10.0. The van der Waals surface area contributed by atoms with Gasteiger partial charge in [0.15, 0.2) is 14.6 Å². The molecule has 8 heteroatoms. The summed E-state index contributed by atoms with van der Waals surface area (Å²) in [4.78, 5) is 11.5. The number of aliphatic carboxylic acids is 1. The van der Waals surface area contributed by atoms with E-state index < -0.39 is 20.6 Å². The van der Waals surface area contributed by atoms with E-state index in [1.807, 2.05) is 42.5 Å². The summed E-state index contributed by atoms with van der Waals surface area (Å²) in [5.41, 5.74) is 2.81. The van der Waals surface area contributed by atoms with Crippen molar-refractivity contribution in [2.24, 2.45) is 0 Å². The van der Waals surface area contributed by atoms with Crippen LogP contribution in [0, 0.1) is 0 Å². The Hall–Kier alpha value is -2.87. The Morgan fingerprint density at radius 3 is 2.39 bits per heavy atom. The molecule has 3 aromatic rings. The predicted molar refractivity (Wildman–Crippen MR) is 107 cm³/mol. The number of carboxylic acid groups (broad SMARTS) is 1. The van der Waals surface area contributed by atoms with Crippen molar-refractivity contribution in [1.82, 2.24) is 9.78 Å². The second-order valence-electron chi connectivity index (χ2n) is 6.95. The first-order valence-corrected chi connectivity index (χ1v) is 10.6. The molecule has 2 aromatic carbocycles. The minimum absolute atomic E-state index is 0.0690. The molecule has 0 aliphatic carbocycles. The summed E-state index contributed by atoms with van der Waals surface area (Å²) in [6, 6.07) is 13.6. The monoisotopic (exact) mass is 402 g/mol. The smallest absolute Gasteiger partial charge is 0.324 e. The molecule has 0 saturated carbocycles. The second-order valence-corrected chi connectivity index (χ2v) is 9.40. The van der Waals surface area contributed by atoms with Crippen LogP contribution in [-0.2, 0) is 21.2 Å². The Balaban J connectivity index is 1.85. The van der Waals surface area contributed by atoms with Crippen molar-refractivity contribution >= 4 is 26.7 Å². The lowest BCUT2D eigenvalue weighted by Gasteiger charge is -2.22. The molecule has 0 amide bonds. The van der Waals surface area contributed by atoms with Crippen LogP contribution < -0.4 is 4.74 Å². The first-order valence-electron chi connectivity index (χ1n) is 8.69. The van der Waals surface area contributed by atoms with Gasteiger partial charge in [-0.2, -0.15) is 5.10 Å². The number of aromatic nitrogens is 2. The highest BCUT2D eigenvalue weighted by Crippen LogP contribution is 2.27. The summed E-state index contributed by atoms with van der Waals surface area (Å²) in [7, 11) is -2.14. The molecular weight excluding hydrogens is 380 g/mol. The predicted octanol–water partition coefficient (Wildman–Crippen LogP) is 2.99. The van der Waals surface area contributed by atoms with Crippen molar-refractivity contribution < 1.29 is 23.1 Å². The minimum Gasteiger partial charge on any atom is -0.497 e. The molecule has 0 fully saturated rings. The number of hydrogen-bond donors (Lipinski definition) is 1. The van der Waals surface area contributed by atoms with Crippen molar-refractivity contribution in [3.8, 4) is 16.9 Å². The molecule has 0 aliphatic rings. The molecule has 1 N–H and O–H groups in total. The van der Waals surface area contributed by atoms with Gasteiger partial charge < -0.3 is 9.84 Å². The number of ether oxygens (including phenoxy) is 1. The number of carbonyl (C=O) groups is 1. The molecule has 1 unspecified atom stereocenters. The van der Waals surface area contributed by atoms with Crippen LogP contribution in [0.4, 0.5) is 0 Å². The average molecular weight is 402 g/mol. The lowest BCUT2D eigenvalue weighted by Crippen LogP contribution is -2.43. The number of hydrogen-bond acceptors (Lipinski definition) is 5. The average Bonchev–Trinajstić information content (AvgIpc) is 3.07. The van der Waals surface area contributed by atoms with E-state index in [4.69, 9.17) is 4.74 Å². The van der Waals surface area contributed by atoms with E-state index in [2.05, 4.69) is 5.10 Å². The van der Waals surface area contributed by atoms with E-state index in [9.17, 15) is 18.3 Å². The van der Waals surface area contributed by atoms with Crippen LogP contribution in [0.25, 0.3) is 22.0 Å². The summed E-state index contributed by atoms with van der Waals surface area (Å²) in [5.74, 6) is -0.571. The number of fused-ring (bicyclic) bond motifs is 1. The summed E-state index contributed by atoms with van der Waals surface area (Å²) in [6.45, 7) is 1.41. The van der Waals surface area contributed by atoms with Crippen molar-refractivity contribution in [3.05, 3.63) is 48.7 Å². The zero-order valence-corrected chi connectivity index (χ0v) is 16.7. The molecule has 0 bridgehead atoms. The third-order valence-corrected chi connectivity index (χ3v) is 7.08. The van der Waals surface area contributed by atoms with E-state index in [1.165, 1.54) is 6.92 Å². The molecule has 0 aliphatic heterocycles. The first kappa shape index (κ1) is 19.9. The quantitative estimate of drug-likeness (QED) is 0.652. The summed E-state index contributed by atoms with van der Waals surface area (Å²) >= 11 is 0. The molecular formula is C20H22N2O5S. The first-order chi connectivity index (χ1) is 13.1. The molecule has 1 atom stereocenters. The second kappa shape index (κ2) is 7.27. The van der Waals surface area contributed by atoms with Gasteiger partial charge >= 0.3 is 5.97 Å². The molecule has 28 heavy (non-hydrogen) atoms. The van der Waals surface area contributed by atoms with Crippen molar-refractivity contribution in [3.63, 3.8) is 0 Å². The standard InChI is InChI=1S/C20H22N2O5S/c1-20(19(23)24,28(3,25)26)10-11-22-13-16-12-15(6-9-18(16)21-22)14-4-7-17(27-2)8-5-14/h4-9,12-13H,10-11H2,1-3H3,(H,23,24). The Bertz CT molecular complexity index is 1120. The summed E-state index contributed by atoms with van der Waals surface area (Å²) < 4.78 is 28.8. The molecule has 1 aromatic heterocycles. The maximum Gasteiger partial charge on any atom is 0.324 e. The van der Waals surface area contributed by atoms with Crippen LogP contribution in [0.2, 0.25) is 0 Å². The zero-order chi connectivity index (χ0) is 20.5. The molecule has 148 valence electrons. The molecule has 0 radical (unpaired) electrons. The highest BCUT2D eigenvalue weighted by molar-refractivity contribution is 7.92. The fourth-order valence-electron chi connectivity index (χ4n) is 2.93. The largest absolute Gasteiger partial charge is 0.497 e. The Morgan fingerprint density at radius 2 is 1.82 bits per heavy atom. The highest BCUT2D eigenvalue weighted by Gasteiger charge is 2.43. The van der Waals surface area contributed by atoms with Crippen molar-refractivity contribution in [1.29, 1.82) is 0 Å². The fraction of sp³-hybridized carbons (Fsp3) is 0.300. The van der Waals surface area contributed by atoms with Crippen LogP contribution in [0.3, 0.4) is 0 Å². The number of carboxylic acids is 1. The van der Waals surface area contributed by atoms with Crippen LogP contribution in [0.15, 0.2) is 48.7 Å². The molecule has 3 rings (SSSR count). The van der Waals surface area contributed by atoms with Gasteiger partial charge in [0, 0.05) is 24.4 Å². The number of sulfone groups is 1. The SMILES string of the molecule is COc1ccc(-c2ccc3nn(CCC(C)(C(=O)O)S(C)(=O)=O)cc3c2)cc1. The normalized spacial score (nSPS) is 14.0. The number of rotatable bonds is 7. The van der Waals surface area contributed by atoms with Gasteiger partial charge in [0.1, 0.15) is 5.75 Å². The maximum atomic E-state index is 11.9. The van der Waals surface area contributed by atoms with Gasteiger partial charge in [-0.1, -0.05) is 18.2 Å². The number of benzene rings is 2. The Morgan fingerprint density at radius 1 is 1.18 bits per heavy atom. The number of nitrogens with zero attached hydrogens (tertiary/aromatic N) is 2. The van der Waals surface area contributed by atoms with E-state index in [0.717, 1.165) is 34.0 Å². The summed E-state index contributed by atoms with van der Waals surface area (Å²) in [6.07, 6.45) is 2.68. The number of aryl methyl sites for hydroxylation is 1. The third-order valence-electron chi connectivity index (χ3n) is 5.06. The molecule has 0 saturated heterocycles. The van der Waals surface area contributed by atoms with Gasteiger partial charge in [-0.15, -0.1) is 0 Å². The third kappa shape index (κ3) is 3.73. The number of methoxy groups -OCH3 is 1. The lowest BCUT2D eigenvalue weighted by molar-refractivity contribution is -0.139. The van der Waals surface area contributed by atoms with Gasteiger partial charge in [0.2, 0.25) is 0 Å². The van der Waals surface area contributed by atoms with Crippen LogP contribution >= 0.6 is 0 Å². The molecule has 0 spiro atoms. The van der Waals surface area contributed by atoms with E-state index >= 15 is 0 Å². The van der Waals surface area contributed by atoms with Crippen LogP contribution in [0.5, 0.6) is 5.75 Å². The van der Waals surface area contributed by atoms with E-state index in [1.54, 1.807) is 18.0 Å². The van der Waals surface area contributed by atoms with Gasteiger partial charge in [-0.25, -0.2) is 8.42 Å². The van der Waals surface area contributed by atoms with Crippen LogP contribution in [-0.4, -0.2) is 47.4 Å². The maximum absolute atomic E-state index is 11.9. The van der Waals surface area contributed by atoms with Gasteiger partial charge in [0.25, 0.3) is 0 Å². The summed E-state index contributed by atoms with van der Waals surface area (Å²) in [5, 5.41) is 14.7. The van der Waals surface area contributed by atoms with E-state index in [-0.39, 0.29) is 13.0 Å². The van der Waals surface area contributed by atoms with Crippen molar-refractivity contribution in [2.45, 2.75) is 24.6 Å². The Kier molecular flexibility index (Phi) is 5.16. The topological polar surface area (TPSA) is 98.5 Å². The van der Waals surface area contributed by atoms with Crippen LogP contribution in [0.1, 0.15) is 13.3 Å². The van der Waals surface area contributed by atoms with Gasteiger partial charge in [-0.3, -0.25) is 9.48 Å². The highest BCUT2D eigenvalue weighted by atomic mass is 32.2. The Labute approximate surface area is 163 Å². The zero-order valence-electron chi connectivity index (χ0n) is 15.9. The van der Waals surface area contributed by atoms with Gasteiger partial charge in [0.05, 0.1) is 12.6 Å². The molecule has 1 heterocycles.